The van der Waals surface area contributed by atoms with E-state index in [1.54, 1.807) is 11.3 Å². The van der Waals surface area contributed by atoms with Gasteiger partial charge in [-0.2, -0.15) is 11.3 Å². The maximum Gasteiger partial charge on any atom is 0.0239 e. The second-order valence-corrected chi connectivity index (χ2v) is 6.35. The van der Waals surface area contributed by atoms with E-state index in [0.29, 0.717) is 5.41 Å². The second kappa shape index (κ2) is 5.98. The van der Waals surface area contributed by atoms with Crippen LogP contribution in [-0.4, -0.2) is 25.0 Å². The summed E-state index contributed by atoms with van der Waals surface area (Å²) in [7, 11) is 2.23. The van der Waals surface area contributed by atoms with Gasteiger partial charge in [-0.1, -0.05) is 19.3 Å². The largest absolute Gasteiger partial charge is 0.330 e. The van der Waals surface area contributed by atoms with Crippen molar-refractivity contribution < 1.29 is 0 Å². The molecule has 1 aliphatic carbocycles. The topological polar surface area (TPSA) is 29.3 Å². The molecule has 96 valence electrons. The third kappa shape index (κ3) is 3.54. The minimum atomic E-state index is 0.392. The Bertz CT molecular complexity index is 315. The Morgan fingerprint density at radius 2 is 2.12 bits per heavy atom. The molecule has 0 atom stereocenters. The maximum absolute atomic E-state index is 6.04. The van der Waals surface area contributed by atoms with Gasteiger partial charge in [-0.3, -0.25) is 0 Å². The monoisotopic (exact) mass is 252 g/mol. The first-order chi connectivity index (χ1) is 8.24. The molecule has 1 aliphatic rings. The van der Waals surface area contributed by atoms with Gasteiger partial charge in [0.1, 0.15) is 0 Å². The van der Waals surface area contributed by atoms with Crippen molar-refractivity contribution in [1.82, 2.24) is 4.90 Å². The molecule has 0 aromatic carbocycles. The molecule has 0 unspecified atom stereocenters. The SMILES string of the molecule is CN(Cc1ccsc1)CC1(CN)CCCCC1. The number of nitrogens with zero attached hydrogens (tertiary/aromatic N) is 1. The minimum Gasteiger partial charge on any atom is -0.330 e. The highest BCUT2D eigenvalue weighted by molar-refractivity contribution is 7.07. The van der Waals surface area contributed by atoms with Crippen LogP contribution in [0.1, 0.15) is 37.7 Å². The molecule has 2 N–H and O–H groups in total. The molecule has 0 spiro atoms. The molecule has 17 heavy (non-hydrogen) atoms. The van der Waals surface area contributed by atoms with E-state index in [1.165, 1.54) is 37.7 Å². The summed E-state index contributed by atoms with van der Waals surface area (Å²) in [6.07, 6.45) is 6.76. The lowest BCUT2D eigenvalue weighted by Crippen LogP contribution is -2.42. The Kier molecular flexibility index (Phi) is 4.60. The zero-order valence-corrected chi connectivity index (χ0v) is 11.6. The predicted octanol–water partition coefficient (Wildman–Crippen LogP) is 3.09. The van der Waals surface area contributed by atoms with Crippen LogP contribution < -0.4 is 5.73 Å². The molecule has 1 heterocycles. The zero-order chi connectivity index (χ0) is 12.1. The highest BCUT2D eigenvalue weighted by Gasteiger charge is 2.31. The molecule has 2 rings (SSSR count). The number of hydrogen-bond acceptors (Lipinski definition) is 3. The molecule has 0 amide bonds. The normalized spacial score (nSPS) is 19.7. The fourth-order valence-electron chi connectivity index (χ4n) is 3.05. The summed E-state index contributed by atoms with van der Waals surface area (Å²) in [4.78, 5) is 2.44. The molecule has 1 aromatic rings. The van der Waals surface area contributed by atoms with E-state index in [9.17, 15) is 0 Å². The molecule has 3 heteroatoms. The summed E-state index contributed by atoms with van der Waals surface area (Å²) < 4.78 is 0. The third-order valence-electron chi connectivity index (χ3n) is 3.99. The quantitative estimate of drug-likeness (QED) is 0.872. The lowest BCUT2D eigenvalue weighted by molar-refractivity contribution is 0.124. The first-order valence-electron chi connectivity index (χ1n) is 6.64. The van der Waals surface area contributed by atoms with Crippen LogP contribution in [0.15, 0.2) is 16.8 Å². The number of rotatable bonds is 5. The Balaban J connectivity index is 1.89. The second-order valence-electron chi connectivity index (χ2n) is 5.57. The molecular formula is C14H24N2S. The van der Waals surface area contributed by atoms with Crippen molar-refractivity contribution in [2.75, 3.05) is 20.1 Å². The van der Waals surface area contributed by atoms with Crippen LogP contribution in [0.25, 0.3) is 0 Å². The van der Waals surface area contributed by atoms with Gasteiger partial charge >= 0.3 is 0 Å². The molecular weight excluding hydrogens is 228 g/mol. The summed E-state index contributed by atoms with van der Waals surface area (Å²) in [6, 6.07) is 2.22. The first kappa shape index (κ1) is 13.1. The smallest absolute Gasteiger partial charge is 0.0239 e. The fourth-order valence-corrected chi connectivity index (χ4v) is 3.71. The van der Waals surface area contributed by atoms with Gasteiger partial charge in [-0.15, -0.1) is 0 Å². The van der Waals surface area contributed by atoms with Crippen molar-refractivity contribution in [2.45, 2.75) is 38.6 Å². The van der Waals surface area contributed by atoms with E-state index in [4.69, 9.17) is 5.73 Å². The van der Waals surface area contributed by atoms with Crippen molar-refractivity contribution in [1.29, 1.82) is 0 Å². The van der Waals surface area contributed by atoms with Crippen LogP contribution in [-0.2, 0) is 6.54 Å². The van der Waals surface area contributed by atoms with Crippen molar-refractivity contribution in [2.24, 2.45) is 11.1 Å². The minimum absolute atomic E-state index is 0.392. The highest BCUT2D eigenvalue weighted by atomic mass is 32.1. The van der Waals surface area contributed by atoms with Crippen molar-refractivity contribution in [3.63, 3.8) is 0 Å². The average Bonchev–Trinajstić information content (AvgIpc) is 2.83. The standard InChI is InChI=1S/C14H24N2S/c1-16(9-13-5-8-17-10-13)12-14(11-15)6-3-2-4-7-14/h5,8,10H,2-4,6-7,9,11-12,15H2,1H3. The summed E-state index contributed by atoms with van der Waals surface area (Å²) >= 11 is 1.78. The lowest BCUT2D eigenvalue weighted by atomic mass is 9.74. The number of thiophene rings is 1. The van der Waals surface area contributed by atoms with Crippen LogP contribution >= 0.6 is 11.3 Å². The van der Waals surface area contributed by atoms with Crippen LogP contribution in [0, 0.1) is 5.41 Å². The highest BCUT2D eigenvalue weighted by Crippen LogP contribution is 2.36. The zero-order valence-electron chi connectivity index (χ0n) is 10.8. The van der Waals surface area contributed by atoms with Gasteiger partial charge in [0.2, 0.25) is 0 Å². The first-order valence-corrected chi connectivity index (χ1v) is 7.58. The molecule has 1 fully saturated rings. The Labute approximate surface area is 109 Å². The van der Waals surface area contributed by atoms with E-state index in [0.717, 1.165) is 19.6 Å². The lowest BCUT2D eigenvalue weighted by Gasteiger charge is -2.39. The average molecular weight is 252 g/mol. The summed E-state index contributed by atoms with van der Waals surface area (Å²) in [6.45, 7) is 3.06. The van der Waals surface area contributed by atoms with Gasteiger partial charge in [0, 0.05) is 13.1 Å². The third-order valence-corrected chi connectivity index (χ3v) is 4.72. The summed E-state index contributed by atoms with van der Waals surface area (Å²) in [5, 5.41) is 4.40. The molecule has 2 nitrogen and oxygen atoms in total. The van der Waals surface area contributed by atoms with E-state index >= 15 is 0 Å². The van der Waals surface area contributed by atoms with Crippen LogP contribution in [0.2, 0.25) is 0 Å². The summed E-state index contributed by atoms with van der Waals surface area (Å²) in [5.74, 6) is 0. The molecule has 0 saturated heterocycles. The molecule has 0 radical (unpaired) electrons. The fraction of sp³-hybridized carbons (Fsp3) is 0.714. The van der Waals surface area contributed by atoms with Gasteiger partial charge in [0.15, 0.2) is 0 Å². The predicted molar refractivity (Wildman–Crippen MR) is 75.2 cm³/mol. The maximum atomic E-state index is 6.04. The van der Waals surface area contributed by atoms with Gasteiger partial charge in [-0.05, 0) is 54.2 Å². The van der Waals surface area contributed by atoms with Crippen molar-refractivity contribution in [3.8, 4) is 0 Å². The van der Waals surface area contributed by atoms with Gasteiger partial charge < -0.3 is 10.6 Å². The van der Waals surface area contributed by atoms with Crippen molar-refractivity contribution in [3.05, 3.63) is 22.4 Å². The van der Waals surface area contributed by atoms with Gasteiger partial charge in [0.25, 0.3) is 0 Å². The molecule has 1 aromatic heterocycles. The van der Waals surface area contributed by atoms with E-state index in [-0.39, 0.29) is 0 Å². The summed E-state index contributed by atoms with van der Waals surface area (Å²) in [5.41, 5.74) is 7.86. The van der Waals surface area contributed by atoms with Crippen LogP contribution in [0.4, 0.5) is 0 Å². The Morgan fingerprint density at radius 3 is 2.71 bits per heavy atom. The number of nitrogens with two attached hydrogens (primary N) is 1. The molecule has 0 aliphatic heterocycles. The number of hydrogen-bond donors (Lipinski definition) is 1. The van der Waals surface area contributed by atoms with Crippen molar-refractivity contribution >= 4 is 11.3 Å². The van der Waals surface area contributed by atoms with E-state index in [2.05, 4.69) is 28.8 Å². The van der Waals surface area contributed by atoms with E-state index in [1.807, 2.05) is 0 Å². The van der Waals surface area contributed by atoms with Gasteiger partial charge in [-0.25, -0.2) is 0 Å². The van der Waals surface area contributed by atoms with Crippen LogP contribution in [0.3, 0.4) is 0 Å². The van der Waals surface area contributed by atoms with Crippen LogP contribution in [0.5, 0.6) is 0 Å². The van der Waals surface area contributed by atoms with E-state index < -0.39 is 0 Å². The Morgan fingerprint density at radius 1 is 1.35 bits per heavy atom. The molecule has 1 saturated carbocycles. The van der Waals surface area contributed by atoms with Gasteiger partial charge in [0.05, 0.1) is 0 Å². The molecule has 0 bridgehead atoms. The Hall–Kier alpha value is -0.380.